The van der Waals surface area contributed by atoms with E-state index >= 15 is 0 Å². The molecule has 20 heavy (non-hydrogen) atoms. The summed E-state index contributed by atoms with van der Waals surface area (Å²) in [7, 11) is 0. The lowest BCUT2D eigenvalue weighted by Crippen LogP contribution is -2.49. The number of ether oxygens (including phenoxy) is 1. The minimum atomic E-state index is -3.06. The van der Waals surface area contributed by atoms with Gasteiger partial charge >= 0.3 is 11.7 Å². The second-order valence-corrected chi connectivity index (χ2v) is 4.52. The average Bonchev–Trinajstić information content (AvgIpc) is 2.64. The van der Waals surface area contributed by atoms with Gasteiger partial charge in [-0.15, -0.1) is 0 Å². The van der Waals surface area contributed by atoms with Gasteiger partial charge in [-0.1, -0.05) is 6.92 Å². The molecule has 0 bridgehead atoms. The fraction of sp³-hybridized carbons (Fsp3) is 0.636. The number of nitrogens with one attached hydrogen (secondary N) is 1. The first-order valence-electron chi connectivity index (χ1n) is 6.04. The molecule has 0 radical (unpaired) electrons. The van der Waals surface area contributed by atoms with Crippen molar-refractivity contribution in [1.29, 1.82) is 0 Å². The molecule has 4 atom stereocenters. The predicted octanol–water partition coefficient (Wildman–Crippen LogP) is -2.21. The van der Waals surface area contributed by atoms with Crippen LogP contribution in [-0.2, 0) is 17.1 Å². The summed E-state index contributed by atoms with van der Waals surface area (Å²) < 4.78 is 19.9. The zero-order chi connectivity index (χ0) is 15.1. The Morgan fingerprint density at radius 3 is 2.65 bits per heavy atom. The highest BCUT2D eigenvalue weighted by Crippen LogP contribution is 2.35. The molecule has 1 aliphatic rings. The molecular formula is C11H15FN2O6. The van der Waals surface area contributed by atoms with Crippen molar-refractivity contribution in [2.45, 2.75) is 37.6 Å². The fourth-order valence-electron chi connectivity index (χ4n) is 2.10. The summed E-state index contributed by atoms with van der Waals surface area (Å²) in [5.41, 5.74) is -1.68. The van der Waals surface area contributed by atoms with Crippen LogP contribution in [0, 0.1) is 0 Å². The van der Waals surface area contributed by atoms with E-state index in [0.717, 1.165) is 6.20 Å². The van der Waals surface area contributed by atoms with Crippen LogP contribution in [0.3, 0.4) is 0 Å². The first kappa shape index (κ1) is 14.9. The second-order valence-electron chi connectivity index (χ2n) is 4.52. The van der Waals surface area contributed by atoms with Crippen molar-refractivity contribution in [3.05, 3.63) is 32.6 Å². The van der Waals surface area contributed by atoms with Crippen LogP contribution in [-0.4, -0.2) is 49.8 Å². The zero-order valence-corrected chi connectivity index (χ0v) is 10.6. The lowest BCUT2D eigenvalue weighted by atomic mass is 10.1. The third kappa shape index (κ3) is 2.08. The van der Waals surface area contributed by atoms with E-state index in [4.69, 9.17) is 9.84 Å². The summed E-state index contributed by atoms with van der Waals surface area (Å²) in [5.74, 6) is -3.06. The SMILES string of the molecule is CCc1cn(C2(F)O[C@H](CO)[C@@H](O)[C@@H]2O)c(=O)[nH]c1=O. The van der Waals surface area contributed by atoms with Gasteiger partial charge in [-0.25, -0.2) is 9.36 Å². The summed E-state index contributed by atoms with van der Waals surface area (Å²) in [6.07, 6.45) is -3.99. The van der Waals surface area contributed by atoms with Gasteiger partial charge in [-0.3, -0.25) is 9.78 Å². The van der Waals surface area contributed by atoms with E-state index in [2.05, 4.69) is 0 Å². The molecule has 1 unspecified atom stereocenters. The van der Waals surface area contributed by atoms with Crippen LogP contribution >= 0.6 is 0 Å². The van der Waals surface area contributed by atoms with E-state index in [9.17, 15) is 24.2 Å². The van der Waals surface area contributed by atoms with Gasteiger partial charge in [0.15, 0.2) is 6.10 Å². The van der Waals surface area contributed by atoms with Gasteiger partial charge in [0.25, 0.3) is 5.56 Å². The van der Waals surface area contributed by atoms with Crippen LogP contribution in [0.5, 0.6) is 0 Å². The Balaban J connectivity index is 2.56. The summed E-state index contributed by atoms with van der Waals surface area (Å²) in [6.45, 7) is 0.893. The molecule has 0 amide bonds. The van der Waals surface area contributed by atoms with Gasteiger partial charge in [0.05, 0.1) is 6.61 Å². The molecule has 1 fully saturated rings. The number of aromatic amines is 1. The third-order valence-electron chi connectivity index (χ3n) is 3.29. The molecule has 4 N–H and O–H groups in total. The maximum atomic E-state index is 14.7. The highest BCUT2D eigenvalue weighted by molar-refractivity contribution is 5.07. The average molecular weight is 290 g/mol. The number of alkyl halides is 1. The van der Waals surface area contributed by atoms with E-state index in [1.807, 2.05) is 4.98 Å². The molecule has 0 aliphatic carbocycles. The molecule has 112 valence electrons. The molecule has 1 aromatic rings. The summed E-state index contributed by atoms with van der Waals surface area (Å²) in [4.78, 5) is 25.0. The Hall–Kier alpha value is -1.55. The topological polar surface area (TPSA) is 125 Å². The van der Waals surface area contributed by atoms with Crippen LogP contribution in [0.4, 0.5) is 4.39 Å². The maximum absolute atomic E-state index is 14.7. The Bertz CT molecular complexity index is 614. The van der Waals surface area contributed by atoms with E-state index in [0.29, 0.717) is 4.57 Å². The van der Waals surface area contributed by atoms with Crippen LogP contribution in [0.2, 0.25) is 0 Å². The first-order chi connectivity index (χ1) is 9.35. The van der Waals surface area contributed by atoms with Gasteiger partial charge in [0.2, 0.25) is 0 Å². The highest BCUT2D eigenvalue weighted by Gasteiger charge is 2.57. The van der Waals surface area contributed by atoms with Gasteiger partial charge < -0.3 is 20.1 Å². The zero-order valence-electron chi connectivity index (χ0n) is 10.6. The van der Waals surface area contributed by atoms with Crippen molar-refractivity contribution < 1.29 is 24.4 Å². The monoisotopic (exact) mass is 290 g/mol. The normalized spacial score (nSPS) is 33.5. The predicted molar refractivity (Wildman–Crippen MR) is 63.8 cm³/mol. The van der Waals surface area contributed by atoms with Crippen molar-refractivity contribution in [3.63, 3.8) is 0 Å². The number of H-pyrrole nitrogens is 1. The molecule has 2 heterocycles. The number of nitrogens with zero attached hydrogens (tertiary/aromatic N) is 1. The van der Waals surface area contributed by atoms with Crippen molar-refractivity contribution in [2.75, 3.05) is 6.61 Å². The minimum Gasteiger partial charge on any atom is -0.394 e. The van der Waals surface area contributed by atoms with Gasteiger partial charge in [0.1, 0.15) is 12.2 Å². The van der Waals surface area contributed by atoms with E-state index < -0.39 is 42.1 Å². The smallest absolute Gasteiger partial charge is 0.332 e. The third-order valence-corrected chi connectivity index (χ3v) is 3.29. The number of aliphatic hydroxyl groups is 3. The second kappa shape index (κ2) is 5.09. The molecule has 0 aromatic carbocycles. The molecule has 2 rings (SSSR count). The number of hydrogen-bond acceptors (Lipinski definition) is 6. The number of aliphatic hydroxyl groups excluding tert-OH is 3. The largest absolute Gasteiger partial charge is 0.394 e. The number of hydrogen-bond donors (Lipinski definition) is 4. The molecule has 9 heteroatoms. The molecule has 1 saturated heterocycles. The van der Waals surface area contributed by atoms with Crippen molar-refractivity contribution in [2.24, 2.45) is 0 Å². The maximum Gasteiger partial charge on any atom is 0.332 e. The molecular weight excluding hydrogens is 275 g/mol. The van der Waals surface area contributed by atoms with Crippen molar-refractivity contribution in [3.8, 4) is 0 Å². The number of aromatic nitrogens is 2. The van der Waals surface area contributed by atoms with E-state index in [1.165, 1.54) is 0 Å². The fourth-order valence-corrected chi connectivity index (χ4v) is 2.10. The Morgan fingerprint density at radius 1 is 1.50 bits per heavy atom. The Kier molecular flexibility index (Phi) is 3.78. The standard InChI is InChI=1S/C11H15FN2O6/c1-2-5-3-14(10(19)13-9(5)18)11(12)8(17)7(16)6(4-15)20-11/h3,6-8,15-17H,2,4H2,1H3,(H,13,18,19)/t6-,7-,8+,11?/m1/s1. The molecule has 0 spiro atoms. The number of rotatable bonds is 3. The van der Waals surface area contributed by atoms with Crippen LogP contribution < -0.4 is 11.2 Å². The summed E-state index contributed by atoms with van der Waals surface area (Å²) >= 11 is 0. The van der Waals surface area contributed by atoms with Gasteiger partial charge in [-0.2, -0.15) is 4.39 Å². The van der Waals surface area contributed by atoms with Gasteiger partial charge in [0, 0.05) is 11.8 Å². The summed E-state index contributed by atoms with van der Waals surface area (Å²) in [5, 5.41) is 28.2. The van der Waals surface area contributed by atoms with Crippen LogP contribution in [0.15, 0.2) is 15.8 Å². The summed E-state index contributed by atoms with van der Waals surface area (Å²) in [6, 6.07) is 0. The van der Waals surface area contributed by atoms with Gasteiger partial charge in [-0.05, 0) is 6.42 Å². The Morgan fingerprint density at radius 2 is 2.15 bits per heavy atom. The Labute approximate surface area is 112 Å². The minimum absolute atomic E-state index is 0.111. The number of aryl methyl sites for hydroxylation is 1. The molecule has 1 aromatic heterocycles. The highest BCUT2D eigenvalue weighted by atomic mass is 19.2. The lowest BCUT2D eigenvalue weighted by Gasteiger charge is -2.25. The molecule has 8 nitrogen and oxygen atoms in total. The molecule has 1 aliphatic heterocycles. The van der Waals surface area contributed by atoms with Crippen LogP contribution in [0.1, 0.15) is 12.5 Å². The quantitative estimate of drug-likeness (QED) is 0.500. The molecule has 0 saturated carbocycles. The van der Waals surface area contributed by atoms with Crippen LogP contribution in [0.25, 0.3) is 0 Å². The van der Waals surface area contributed by atoms with E-state index in [1.54, 1.807) is 6.92 Å². The first-order valence-corrected chi connectivity index (χ1v) is 6.04. The van der Waals surface area contributed by atoms with E-state index in [-0.39, 0.29) is 12.0 Å². The number of halogens is 1. The lowest BCUT2D eigenvalue weighted by molar-refractivity contribution is -0.239. The van der Waals surface area contributed by atoms with Crippen molar-refractivity contribution >= 4 is 0 Å². The van der Waals surface area contributed by atoms with Crippen molar-refractivity contribution in [1.82, 2.24) is 9.55 Å².